The highest BCUT2D eigenvalue weighted by atomic mass is 32.2. The Bertz CT molecular complexity index is 704. The quantitative estimate of drug-likeness (QED) is 0.909. The van der Waals surface area contributed by atoms with E-state index in [9.17, 15) is 8.42 Å². The molecular formula is C15H18N2O2S. The van der Waals surface area contributed by atoms with Crippen molar-refractivity contribution in [3.63, 3.8) is 0 Å². The van der Waals surface area contributed by atoms with Crippen molar-refractivity contribution >= 4 is 15.7 Å². The van der Waals surface area contributed by atoms with Crippen LogP contribution in [-0.2, 0) is 16.6 Å². The predicted molar refractivity (Wildman–Crippen MR) is 81.1 cm³/mol. The summed E-state index contributed by atoms with van der Waals surface area (Å²) in [5.41, 5.74) is 8.92. The maximum Gasteiger partial charge on any atom is 0.261 e. The summed E-state index contributed by atoms with van der Waals surface area (Å²) >= 11 is 0. The van der Waals surface area contributed by atoms with Gasteiger partial charge in [-0.3, -0.25) is 4.72 Å². The average molecular weight is 290 g/mol. The lowest BCUT2D eigenvalue weighted by atomic mass is 10.1. The van der Waals surface area contributed by atoms with Gasteiger partial charge in [0.15, 0.2) is 0 Å². The van der Waals surface area contributed by atoms with Crippen LogP contribution in [0.3, 0.4) is 0 Å². The number of hydrogen-bond acceptors (Lipinski definition) is 3. The molecule has 0 bridgehead atoms. The number of nitrogens with two attached hydrogens (primary N) is 1. The highest BCUT2D eigenvalue weighted by molar-refractivity contribution is 7.92. The van der Waals surface area contributed by atoms with E-state index in [1.807, 2.05) is 19.9 Å². The van der Waals surface area contributed by atoms with Gasteiger partial charge in [-0.1, -0.05) is 18.2 Å². The van der Waals surface area contributed by atoms with Gasteiger partial charge in [-0.25, -0.2) is 8.42 Å². The zero-order chi connectivity index (χ0) is 14.8. The fourth-order valence-corrected chi connectivity index (χ4v) is 3.20. The maximum atomic E-state index is 12.3. The lowest BCUT2D eigenvalue weighted by molar-refractivity contribution is 0.601. The van der Waals surface area contributed by atoms with Crippen LogP contribution in [0.25, 0.3) is 0 Å². The van der Waals surface area contributed by atoms with Gasteiger partial charge in [0.05, 0.1) is 4.90 Å². The van der Waals surface area contributed by atoms with Crippen molar-refractivity contribution in [1.82, 2.24) is 0 Å². The lowest BCUT2D eigenvalue weighted by Crippen LogP contribution is -2.13. The summed E-state index contributed by atoms with van der Waals surface area (Å²) in [5.74, 6) is 0. The molecule has 106 valence electrons. The first-order valence-electron chi connectivity index (χ1n) is 6.31. The Hall–Kier alpha value is -1.85. The molecule has 2 rings (SSSR count). The first-order valence-corrected chi connectivity index (χ1v) is 7.79. The molecule has 0 saturated heterocycles. The zero-order valence-electron chi connectivity index (χ0n) is 11.6. The Morgan fingerprint density at radius 3 is 2.30 bits per heavy atom. The van der Waals surface area contributed by atoms with E-state index >= 15 is 0 Å². The van der Waals surface area contributed by atoms with E-state index in [1.54, 1.807) is 36.4 Å². The van der Waals surface area contributed by atoms with Gasteiger partial charge in [0.25, 0.3) is 10.0 Å². The van der Waals surface area contributed by atoms with Gasteiger partial charge in [0, 0.05) is 12.2 Å². The number of hydrogen-bond donors (Lipinski definition) is 2. The van der Waals surface area contributed by atoms with Gasteiger partial charge < -0.3 is 5.73 Å². The summed E-state index contributed by atoms with van der Waals surface area (Å²) in [6.45, 7) is 4.17. The predicted octanol–water partition coefficient (Wildman–Crippen LogP) is 2.56. The molecule has 0 heterocycles. The van der Waals surface area contributed by atoms with Crippen molar-refractivity contribution in [1.29, 1.82) is 0 Å². The van der Waals surface area contributed by atoms with Gasteiger partial charge in [-0.15, -0.1) is 0 Å². The van der Waals surface area contributed by atoms with E-state index < -0.39 is 10.0 Å². The summed E-state index contributed by atoms with van der Waals surface area (Å²) in [5, 5.41) is 0. The largest absolute Gasteiger partial charge is 0.326 e. The molecule has 0 unspecified atom stereocenters. The van der Waals surface area contributed by atoms with Crippen LogP contribution < -0.4 is 10.5 Å². The van der Waals surface area contributed by atoms with Gasteiger partial charge in [0.1, 0.15) is 0 Å². The standard InChI is InChI=1S/C15H18N2O2S/c1-11-6-12(2)8-14(7-11)17-20(18,19)15-5-3-4-13(9-15)10-16/h3-9,17H,10,16H2,1-2H3. The highest BCUT2D eigenvalue weighted by Crippen LogP contribution is 2.19. The van der Waals surface area contributed by atoms with Crippen LogP contribution in [0.1, 0.15) is 16.7 Å². The molecule has 0 spiro atoms. The van der Waals surface area contributed by atoms with Crippen LogP contribution in [-0.4, -0.2) is 8.42 Å². The first kappa shape index (κ1) is 14.6. The third-order valence-corrected chi connectivity index (χ3v) is 4.30. The second-order valence-corrected chi connectivity index (χ2v) is 6.52. The molecular weight excluding hydrogens is 272 g/mol. The Kier molecular flexibility index (Phi) is 4.11. The van der Waals surface area contributed by atoms with Gasteiger partial charge in [-0.05, 0) is 54.8 Å². The Labute approximate surface area is 119 Å². The summed E-state index contributed by atoms with van der Waals surface area (Å²) in [6.07, 6.45) is 0. The van der Waals surface area contributed by atoms with Crippen molar-refractivity contribution in [2.45, 2.75) is 25.3 Å². The van der Waals surface area contributed by atoms with E-state index in [1.165, 1.54) is 0 Å². The van der Waals surface area contributed by atoms with Crippen LogP contribution in [0.15, 0.2) is 47.4 Å². The number of rotatable bonds is 4. The molecule has 0 atom stereocenters. The Balaban J connectivity index is 2.35. The molecule has 0 aromatic heterocycles. The minimum Gasteiger partial charge on any atom is -0.326 e. The number of benzene rings is 2. The van der Waals surface area contributed by atoms with Crippen molar-refractivity contribution in [3.8, 4) is 0 Å². The molecule has 2 aromatic carbocycles. The van der Waals surface area contributed by atoms with Crippen LogP contribution in [0.5, 0.6) is 0 Å². The Morgan fingerprint density at radius 2 is 1.70 bits per heavy atom. The smallest absolute Gasteiger partial charge is 0.261 e. The third-order valence-electron chi connectivity index (χ3n) is 2.92. The van der Waals surface area contributed by atoms with Gasteiger partial charge in [0.2, 0.25) is 0 Å². The van der Waals surface area contributed by atoms with Crippen molar-refractivity contribution in [2.75, 3.05) is 4.72 Å². The van der Waals surface area contributed by atoms with Crippen molar-refractivity contribution < 1.29 is 8.42 Å². The Morgan fingerprint density at radius 1 is 1.05 bits per heavy atom. The minimum atomic E-state index is -3.58. The summed E-state index contributed by atoms with van der Waals surface area (Å²) in [7, 11) is -3.58. The lowest BCUT2D eigenvalue weighted by Gasteiger charge is -2.10. The molecule has 0 radical (unpaired) electrons. The molecule has 0 fully saturated rings. The molecule has 2 aromatic rings. The topological polar surface area (TPSA) is 72.2 Å². The molecule has 0 amide bonds. The average Bonchev–Trinajstić information content (AvgIpc) is 2.37. The molecule has 4 nitrogen and oxygen atoms in total. The van der Waals surface area contributed by atoms with Crippen molar-refractivity contribution in [2.24, 2.45) is 5.73 Å². The van der Waals surface area contributed by atoms with E-state index in [2.05, 4.69) is 4.72 Å². The van der Waals surface area contributed by atoms with E-state index in [0.29, 0.717) is 12.2 Å². The molecule has 3 N–H and O–H groups in total. The van der Waals surface area contributed by atoms with E-state index in [0.717, 1.165) is 16.7 Å². The maximum absolute atomic E-state index is 12.3. The molecule has 20 heavy (non-hydrogen) atoms. The van der Waals surface area contributed by atoms with Gasteiger partial charge in [-0.2, -0.15) is 0 Å². The first-order chi connectivity index (χ1) is 9.40. The van der Waals surface area contributed by atoms with Gasteiger partial charge >= 0.3 is 0 Å². The summed E-state index contributed by atoms with van der Waals surface area (Å²) in [4.78, 5) is 0.222. The second kappa shape index (κ2) is 5.64. The molecule has 5 heteroatoms. The third kappa shape index (κ3) is 3.37. The van der Waals surface area contributed by atoms with Crippen LogP contribution in [0, 0.1) is 13.8 Å². The van der Waals surface area contributed by atoms with Crippen LogP contribution in [0.4, 0.5) is 5.69 Å². The number of nitrogens with one attached hydrogen (secondary N) is 1. The van der Waals surface area contributed by atoms with E-state index in [4.69, 9.17) is 5.73 Å². The molecule has 0 aliphatic rings. The van der Waals surface area contributed by atoms with Crippen LogP contribution in [0.2, 0.25) is 0 Å². The van der Waals surface area contributed by atoms with Crippen molar-refractivity contribution in [3.05, 3.63) is 59.2 Å². The minimum absolute atomic E-state index is 0.222. The van der Waals surface area contributed by atoms with E-state index in [-0.39, 0.29) is 4.90 Å². The fourth-order valence-electron chi connectivity index (χ4n) is 2.09. The monoisotopic (exact) mass is 290 g/mol. The highest BCUT2D eigenvalue weighted by Gasteiger charge is 2.14. The summed E-state index contributed by atoms with van der Waals surface area (Å²) < 4.78 is 27.3. The number of anilines is 1. The molecule has 0 aliphatic carbocycles. The second-order valence-electron chi connectivity index (χ2n) is 4.83. The van der Waals surface area contributed by atoms with Crippen LogP contribution >= 0.6 is 0 Å². The molecule has 0 saturated carbocycles. The SMILES string of the molecule is Cc1cc(C)cc(NS(=O)(=O)c2cccc(CN)c2)c1. The summed E-state index contributed by atoms with van der Waals surface area (Å²) in [6, 6.07) is 12.2. The normalized spacial score (nSPS) is 11.3. The fraction of sp³-hybridized carbons (Fsp3) is 0.200. The molecule has 0 aliphatic heterocycles. The zero-order valence-corrected chi connectivity index (χ0v) is 12.4. The number of sulfonamides is 1. The number of aryl methyl sites for hydroxylation is 2.